The van der Waals surface area contributed by atoms with E-state index in [0.29, 0.717) is 12.0 Å². The molecule has 1 fully saturated rings. The van der Waals surface area contributed by atoms with Crippen LogP contribution in [0.3, 0.4) is 0 Å². The van der Waals surface area contributed by atoms with Gasteiger partial charge in [0, 0.05) is 12.0 Å². The van der Waals surface area contributed by atoms with Crippen LogP contribution in [0.1, 0.15) is 39.5 Å². The van der Waals surface area contributed by atoms with Gasteiger partial charge in [-0.15, -0.1) is 0 Å². The maximum absolute atomic E-state index is 8.75. The van der Waals surface area contributed by atoms with Gasteiger partial charge in [-0.2, -0.15) is 5.26 Å². The van der Waals surface area contributed by atoms with Gasteiger partial charge < -0.3 is 4.90 Å². The lowest BCUT2D eigenvalue weighted by Crippen LogP contribution is -2.39. The van der Waals surface area contributed by atoms with Crippen LogP contribution in [0.2, 0.25) is 0 Å². The molecule has 0 saturated carbocycles. The van der Waals surface area contributed by atoms with Crippen molar-refractivity contribution in [2.75, 3.05) is 13.1 Å². The van der Waals surface area contributed by atoms with Crippen LogP contribution in [0.15, 0.2) is 0 Å². The summed E-state index contributed by atoms with van der Waals surface area (Å²) in [6.45, 7) is 6.79. The Labute approximate surface area is 81.5 Å². The first-order valence-electron chi connectivity index (χ1n) is 5.41. The summed E-state index contributed by atoms with van der Waals surface area (Å²) in [5.41, 5.74) is 0. The summed E-state index contributed by atoms with van der Waals surface area (Å²) in [5, 5.41) is 8.75. The van der Waals surface area contributed by atoms with Gasteiger partial charge in [0.2, 0.25) is 0 Å². The smallest absolute Gasteiger partial charge is 0.0656 e. The molecule has 0 amide bonds. The van der Waals surface area contributed by atoms with E-state index in [1.165, 1.54) is 12.8 Å². The van der Waals surface area contributed by atoms with Crippen molar-refractivity contribution < 1.29 is 0 Å². The number of hydrogen-bond donors (Lipinski definition) is 0. The zero-order chi connectivity index (χ0) is 9.68. The zero-order valence-electron chi connectivity index (χ0n) is 8.79. The van der Waals surface area contributed by atoms with E-state index in [1.807, 2.05) is 0 Å². The zero-order valence-corrected chi connectivity index (χ0v) is 8.79. The third kappa shape index (κ3) is 3.00. The maximum atomic E-state index is 8.75. The van der Waals surface area contributed by atoms with E-state index in [2.05, 4.69) is 24.8 Å². The minimum Gasteiger partial charge on any atom is -0.301 e. The Kier molecular flexibility index (Phi) is 4.24. The summed E-state index contributed by atoms with van der Waals surface area (Å²) in [7, 11) is 0. The molecule has 2 nitrogen and oxygen atoms in total. The molecule has 1 heterocycles. The Hall–Kier alpha value is -0.550. The molecule has 0 spiro atoms. The van der Waals surface area contributed by atoms with Gasteiger partial charge in [0.25, 0.3) is 0 Å². The fourth-order valence-electron chi connectivity index (χ4n) is 2.07. The second kappa shape index (κ2) is 5.24. The van der Waals surface area contributed by atoms with E-state index in [9.17, 15) is 0 Å². The Morgan fingerprint density at radius 3 is 2.54 bits per heavy atom. The molecule has 0 N–H and O–H groups in total. The standard InChI is InChI=1S/C11H20N2/c1-3-4-10(2)13-7-5-11(9-12)6-8-13/h10-11H,3-8H2,1-2H3. The molecule has 1 saturated heterocycles. The second-order valence-corrected chi connectivity index (χ2v) is 4.08. The van der Waals surface area contributed by atoms with Gasteiger partial charge in [0.15, 0.2) is 0 Å². The number of nitriles is 1. The topological polar surface area (TPSA) is 27.0 Å². The molecule has 1 rings (SSSR count). The molecular formula is C11H20N2. The highest BCUT2D eigenvalue weighted by Gasteiger charge is 2.21. The maximum Gasteiger partial charge on any atom is 0.0656 e. The van der Waals surface area contributed by atoms with Gasteiger partial charge in [0.05, 0.1) is 6.07 Å². The third-order valence-electron chi connectivity index (χ3n) is 3.04. The number of piperidine rings is 1. The Morgan fingerprint density at radius 2 is 2.08 bits per heavy atom. The second-order valence-electron chi connectivity index (χ2n) is 4.08. The summed E-state index contributed by atoms with van der Waals surface area (Å²) in [5.74, 6) is 0.324. The normalized spacial score (nSPS) is 22.5. The van der Waals surface area contributed by atoms with Crippen molar-refractivity contribution in [1.82, 2.24) is 4.90 Å². The van der Waals surface area contributed by atoms with Crippen LogP contribution in [0.25, 0.3) is 0 Å². The minimum absolute atomic E-state index is 0.324. The third-order valence-corrected chi connectivity index (χ3v) is 3.04. The van der Waals surface area contributed by atoms with Gasteiger partial charge in [-0.25, -0.2) is 0 Å². The Balaban J connectivity index is 2.28. The Morgan fingerprint density at radius 1 is 1.46 bits per heavy atom. The molecule has 2 heteroatoms. The molecule has 74 valence electrons. The number of likely N-dealkylation sites (tertiary alicyclic amines) is 1. The summed E-state index contributed by atoms with van der Waals surface area (Å²) in [6.07, 6.45) is 4.70. The highest BCUT2D eigenvalue weighted by Crippen LogP contribution is 2.19. The summed E-state index contributed by atoms with van der Waals surface area (Å²) < 4.78 is 0. The van der Waals surface area contributed by atoms with Crippen LogP contribution in [-0.2, 0) is 0 Å². The van der Waals surface area contributed by atoms with Gasteiger partial charge in [-0.1, -0.05) is 13.3 Å². The summed E-state index contributed by atoms with van der Waals surface area (Å²) in [6, 6.07) is 3.08. The summed E-state index contributed by atoms with van der Waals surface area (Å²) in [4.78, 5) is 2.53. The van der Waals surface area contributed by atoms with Crippen molar-refractivity contribution in [1.29, 1.82) is 5.26 Å². The number of hydrogen-bond acceptors (Lipinski definition) is 2. The molecule has 0 aliphatic carbocycles. The largest absolute Gasteiger partial charge is 0.301 e. The van der Waals surface area contributed by atoms with Gasteiger partial charge in [0.1, 0.15) is 0 Å². The van der Waals surface area contributed by atoms with E-state index >= 15 is 0 Å². The van der Waals surface area contributed by atoms with Gasteiger partial charge >= 0.3 is 0 Å². The van der Waals surface area contributed by atoms with E-state index in [4.69, 9.17) is 5.26 Å². The molecule has 0 aromatic carbocycles. The first kappa shape index (κ1) is 10.5. The van der Waals surface area contributed by atoms with Crippen molar-refractivity contribution >= 4 is 0 Å². The summed E-state index contributed by atoms with van der Waals surface area (Å²) >= 11 is 0. The van der Waals surface area contributed by atoms with Crippen molar-refractivity contribution in [3.63, 3.8) is 0 Å². The lowest BCUT2D eigenvalue weighted by Gasteiger charge is -2.33. The first-order valence-corrected chi connectivity index (χ1v) is 5.41. The molecule has 1 unspecified atom stereocenters. The minimum atomic E-state index is 0.324. The lowest BCUT2D eigenvalue weighted by atomic mass is 9.97. The van der Waals surface area contributed by atoms with Crippen molar-refractivity contribution in [3.05, 3.63) is 0 Å². The van der Waals surface area contributed by atoms with Crippen LogP contribution in [0.5, 0.6) is 0 Å². The molecule has 13 heavy (non-hydrogen) atoms. The van der Waals surface area contributed by atoms with Crippen LogP contribution in [-0.4, -0.2) is 24.0 Å². The molecule has 1 atom stereocenters. The SMILES string of the molecule is CCCC(C)N1CCC(C#N)CC1. The first-order chi connectivity index (χ1) is 6.27. The van der Waals surface area contributed by atoms with Crippen molar-refractivity contribution in [2.24, 2.45) is 5.92 Å². The number of rotatable bonds is 3. The molecule has 0 radical (unpaired) electrons. The van der Waals surface area contributed by atoms with Gasteiger partial charge in [-0.05, 0) is 39.3 Å². The molecule has 0 aromatic heterocycles. The monoisotopic (exact) mass is 180 g/mol. The molecule has 1 aliphatic rings. The van der Waals surface area contributed by atoms with E-state index in [0.717, 1.165) is 25.9 Å². The Bertz CT molecular complexity index is 175. The molecule has 1 aliphatic heterocycles. The van der Waals surface area contributed by atoms with E-state index in [-0.39, 0.29) is 0 Å². The van der Waals surface area contributed by atoms with E-state index in [1.54, 1.807) is 0 Å². The average molecular weight is 180 g/mol. The van der Waals surface area contributed by atoms with E-state index < -0.39 is 0 Å². The quantitative estimate of drug-likeness (QED) is 0.667. The average Bonchev–Trinajstić information content (AvgIpc) is 2.18. The molecule has 0 aromatic rings. The van der Waals surface area contributed by atoms with Crippen LogP contribution >= 0.6 is 0 Å². The lowest BCUT2D eigenvalue weighted by molar-refractivity contribution is 0.149. The van der Waals surface area contributed by atoms with Crippen LogP contribution in [0.4, 0.5) is 0 Å². The van der Waals surface area contributed by atoms with Gasteiger partial charge in [-0.3, -0.25) is 0 Å². The van der Waals surface area contributed by atoms with Crippen molar-refractivity contribution in [3.8, 4) is 6.07 Å². The van der Waals surface area contributed by atoms with Crippen LogP contribution in [0, 0.1) is 17.2 Å². The highest BCUT2D eigenvalue weighted by molar-refractivity contribution is 4.88. The highest BCUT2D eigenvalue weighted by atomic mass is 15.2. The predicted octanol–water partition coefficient (Wildman–Crippen LogP) is 2.41. The fraction of sp³-hybridized carbons (Fsp3) is 0.909. The molecule has 0 bridgehead atoms. The van der Waals surface area contributed by atoms with Crippen molar-refractivity contribution in [2.45, 2.75) is 45.6 Å². The van der Waals surface area contributed by atoms with Crippen LogP contribution < -0.4 is 0 Å². The number of nitrogens with zero attached hydrogens (tertiary/aromatic N) is 2. The predicted molar refractivity (Wildman–Crippen MR) is 54.3 cm³/mol. The fourth-order valence-corrected chi connectivity index (χ4v) is 2.07. The molecular weight excluding hydrogens is 160 g/mol.